The second-order valence-corrected chi connectivity index (χ2v) is 6.99. The van der Waals surface area contributed by atoms with Crippen LogP contribution in [-0.2, 0) is 4.79 Å². The van der Waals surface area contributed by atoms with Crippen LogP contribution in [0, 0.1) is 3.57 Å². The Morgan fingerprint density at radius 1 is 1.00 bits per heavy atom. The van der Waals surface area contributed by atoms with Gasteiger partial charge in [0.05, 0.1) is 0 Å². The molecular formula is C18H15ClINO. The molecular weight excluding hydrogens is 409 g/mol. The summed E-state index contributed by atoms with van der Waals surface area (Å²) in [6.45, 7) is 0. The first-order valence-electron chi connectivity index (χ1n) is 7.13. The number of halogens is 2. The summed E-state index contributed by atoms with van der Waals surface area (Å²) in [5.74, 6) is 0.192. The first kappa shape index (κ1) is 15.6. The molecule has 0 radical (unpaired) electrons. The summed E-state index contributed by atoms with van der Waals surface area (Å²) < 4.78 is 1.17. The maximum atomic E-state index is 12.2. The Labute approximate surface area is 148 Å². The standard InChI is InChI=1S/C18H15ClINO/c19-18-16(21-15-8-6-14(20)7-9-15)10-13(11-17(18)22)12-4-2-1-3-5-12/h1-9,13,21H,10-11H2/t13-/m0/s1. The van der Waals surface area contributed by atoms with Crippen molar-refractivity contribution in [3.05, 3.63) is 74.5 Å². The van der Waals surface area contributed by atoms with Gasteiger partial charge in [0.25, 0.3) is 0 Å². The molecule has 0 bridgehead atoms. The molecule has 3 rings (SSSR count). The molecule has 2 nitrogen and oxygen atoms in total. The lowest BCUT2D eigenvalue weighted by Gasteiger charge is -2.25. The molecule has 1 aliphatic carbocycles. The quantitative estimate of drug-likeness (QED) is 0.679. The molecule has 1 atom stereocenters. The average molecular weight is 424 g/mol. The summed E-state index contributed by atoms with van der Waals surface area (Å²) >= 11 is 8.50. The minimum atomic E-state index is 0.00906. The van der Waals surface area contributed by atoms with Crippen molar-refractivity contribution in [1.82, 2.24) is 0 Å². The van der Waals surface area contributed by atoms with Crippen molar-refractivity contribution in [2.75, 3.05) is 5.32 Å². The van der Waals surface area contributed by atoms with E-state index in [1.165, 1.54) is 9.13 Å². The molecule has 0 saturated carbocycles. The van der Waals surface area contributed by atoms with E-state index in [2.05, 4.69) is 40.0 Å². The van der Waals surface area contributed by atoms with Crippen LogP contribution in [0.15, 0.2) is 65.3 Å². The highest BCUT2D eigenvalue weighted by Gasteiger charge is 2.27. The van der Waals surface area contributed by atoms with Crippen LogP contribution in [0.25, 0.3) is 0 Å². The fourth-order valence-corrected chi connectivity index (χ4v) is 3.23. The van der Waals surface area contributed by atoms with Crippen molar-refractivity contribution in [2.24, 2.45) is 0 Å². The van der Waals surface area contributed by atoms with Gasteiger partial charge >= 0.3 is 0 Å². The van der Waals surface area contributed by atoms with Crippen molar-refractivity contribution in [2.45, 2.75) is 18.8 Å². The van der Waals surface area contributed by atoms with Crippen LogP contribution in [0.5, 0.6) is 0 Å². The Bertz CT molecular complexity index is 710. The van der Waals surface area contributed by atoms with E-state index in [1.54, 1.807) is 0 Å². The van der Waals surface area contributed by atoms with Crippen LogP contribution < -0.4 is 5.32 Å². The number of anilines is 1. The largest absolute Gasteiger partial charge is 0.358 e. The minimum absolute atomic E-state index is 0.00906. The summed E-state index contributed by atoms with van der Waals surface area (Å²) in [6, 6.07) is 18.2. The van der Waals surface area contributed by atoms with Gasteiger partial charge in [-0.3, -0.25) is 4.79 Å². The molecule has 2 aromatic carbocycles. The topological polar surface area (TPSA) is 29.1 Å². The Kier molecular flexibility index (Phi) is 4.84. The molecule has 0 fully saturated rings. The SMILES string of the molecule is O=C1C[C@@H](c2ccccc2)CC(Nc2ccc(I)cc2)=C1Cl. The Morgan fingerprint density at radius 2 is 1.68 bits per heavy atom. The van der Waals surface area contributed by atoms with Crippen molar-refractivity contribution < 1.29 is 4.79 Å². The van der Waals surface area contributed by atoms with Crippen LogP contribution in [0.2, 0.25) is 0 Å². The van der Waals surface area contributed by atoms with E-state index < -0.39 is 0 Å². The number of carbonyl (C=O) groups excluding carboxylic acids is 1. The number of benzene rings is 2. The smallest absolute Gasteiger partial charge is 0.176 e. The Morgan fingerprint density at radius 3 is 2.36 bits per heavy atom. The van der Waals surface area contributed by atoms with E-state index >= 15 is 0 Å². The predicted octanol–water partition coefficient (Wildman–Crippen LogP) is 5.30. The summed E-state index contributed by atoms with van der Waals surface area (Å²) in [4.78, 5) is 12.2. The highest BCUT2D eigenvalue weighted by Crippen LogP contribution is 2.36. The summed E-state index contributed by atoms with van der Waals surface area (Å²) in [7, 11) is 0. The fraction of sp³-hybridized carbons (Fsp3) is 0.167. The van der Waals surface area contributed by atoms with Gasteiger partial charge in [-0.1, -0.05) is 41.9 Å². The van der Waals surface area contributed by atoms with Gasteiger partial charge in [-0.25, -0.2) is 0 Å². The van der Waals surface area contributed by atoms with Gasteiger partial charge < -0.3 is 5.32 Å². The third kappa shape index (κ3) is 3.52. The van der Waals surface area contributed by atoms with Crippen molar-refractivity contribution in [3.63, 3.8) is 0 Å². The first-order valence-corrected chi connectivity index (χ1v) is 8.58. The van der Waals surface area contributed by atoms with Gasteiger partial charge in [0, 0.05) is 21.4 Å². The molecule has 0 spiro atoms. The zero-order valence-corrected chi connectivity index (χ0v) is 14.8. The van der Waals surface area contributed by atoms with Crippen LogP contribution >= 0.6 is 34.2 Å². The molecule has 0 saturated heterocycles. The number of hydrogen-bond donors (Lipinski definition) is 1. The number of rotatable bonds is 3. The van der Waals surface area contributed by atoms with Gasteiger partial charge in [0.15, 0.2) is 5.78 Å². The molecule has 4 heteroatoms. The number of nitrogens with one attached hydrogen (secondary N) is 1. The van der Waals surface area contributed by atoms with Gasteiger partial charge in [-0.05, 0) is 64.8 Å². The van der Waals surface area contributed by atoms with Crippen molar-refractivity contribution >= 4 is 45.7 Å². The normalized spacial score (nSPS) is 18.5. The van der Waals surface area contributed by atoms with Crippen LogP contribution in [-0.4, -0.2) is 5.78 Å². The molecule has 0 unspecified atom stereocenters. The second kappa shape index (κ2) is 6.84. The number of Topliss-reactive ketones (excluding diaryl/α,β-unsaturated/α-hetero) is 1. The summed E-state index contributed by atoms with van der Waals surface area (Å²) in [5.41, 5.74) is 2.95. The lowest BCUT2D eigenvalue weighted by Crippen LogP contribution is -2.19. The van der Waals surface area contributed by atoms with Crippen molar-refractivity contribution in [3.8, 4) is 0 Å². The lowest BCUT2D eigenvalue weighted by atomic mass is 9.85. The summed E-state index contributed by atoms with van der Waals surface area (Å²) in [5, 5.41) is 3.65. The zero-order valence-electron chi connectivity index (χ0n) is 11.9. The van der Waals surface area contributed by atoms with Crippen LogP contribution in [0.4, 0.5) is 5.69 Å². The molecule has 22 heavy (non-hydrogen) atoms. The van der Waals surface area contributed by atoms with E-state index in [0.29, 0.717) is 11.5 Å². The van der Waals surface area contributed by atoms with E-state index in [4.69, 9.17) is 11.6 Å². The number of carbonyl (C=O) groups is 1. The lowest BCUT2D eigenvalue weighted by molar-refractivity contribution is -0.115. The predicted molar refractivity (Wildman–Crippen MR) is 99.1 cm³/mol. The molecule has 0 heterocycles. The Hall–Kier alpha value is -1.33. The molecule has 0 aromatic heterocycles. The van der Waals surface area contributed by atoms with E-state index in [-0.39, 0.29) is 11.7 Å². The van der Waals surface area contributed by atoms with E-state index in [0.717, 1.165) is 17.8 Å². The first-order chi connectivity index (χ1) is 10.6. The Balaban J connectivity index is 1.84. The fourth-order valence-electron chi connectivity index (χ4n) is 2.66. The summed E-state index contributed by atoms with van der Waals surface area (Å²) in [6.07, 6.45) is 1.22. The number of hydrogen-bond acceptors (Lipinski definition) is 2. The average Bonchev–Trinajstić information content (AvgIpc) is 2.54. The molecule has 112 valence electrons. The molecule has 2 aromatic rings. The highest BCUT2D eigenvalue weighted by molar-refractivity contribution is 14.1. The van der Waals surface area contributed by atoms with E-state index in [9.17, 15) is 4.79 Å². The minimum Gasteiger partial charge on any atom is -0.358 e. The molecule has 0 aliphatic heterocycles. The van der Waals surface area contributed by atoms with Crippen LogP contribution in [0.3, 0.4) is 0 Å². The van der Waals surface area contributed by atoms with Crippen molar-refractivity contribution in [1.29, 1.82) is 0 Å². The number of ketones is 1. The van der Waals surface area contributed by atoms with Gasteiger partial charge in [-0.15, -0.1) is 0 Å². The third-order valence-corrected chi connectivity index (χ3v) is 4.96. The monoisotopic (exact) mass is 423 g/mol. The molecule has 0 amide bonds. The van der Waals surface area contributed by atoms with Gasteiger partial charge in [0.1, 0.15) is 5.03 Å². The highest BCUT2D eigenvalue weighted by atomic mass is 127. The zero-order chi connectivity index (χ0) is 15.5. The molecule has 1 N–H and O–H groups in total. The van der Waals surface area contributed by atoms with Crippen LogP contribution in [0.1, 0.15) is 24.3 Å². The van der Waals surface area contributed by atoms with E-state index in [1.807, 2.05) is 42.5 Å². The van der Waals surface area contributed by atoms with Gasteiger partial charge in [0.2, 0.25) is 0 Å². The number of allylic oxidation sites excluding steroid dienone is 2. The third-order valence-electron chi connectivity index (χ3n) is 3.80. The maximum absolute atomic E-state index is 12.2. The maximum Gasteiger partial charge on any atom is 0.176 e. The molecule has 1 aliphatic rings. The second-order valence-electron chi connectivity index (χ2n) is 5.36. The van der Waals surface area contributed by atoms with Gasteiger partial charge in [-0.2, -0.15) is 0 Å².